The molecule has 0 bridgehead atoms. The van der Waals surface area contributed by atoms with Crippen LogP contribution in [0.4, 0.5) is 0 Å². The fourth-order valence-electron chi connectivity index (χ4n) is 4.45. The molecular weight excluding hydrogens is 292 g/mol. The summed E-state index contributed by atoms with van der Waals surface area (Å²) in [5.41, 5.74) is 2.90. The molecule has 4 rings (SSSR count). The smallest absolute Gasteiger partial charge is 0.0948 e. The van der Waals surface area contributed by atoms with Gasteiger partial charge in [-0.1, -0.05) is 67.6 Å². The highest BCUT2D eigenvalue weighted by molar-refractivity contribution is 5.39. The highest BCUT2D eigenvalue weighted by Crippen LogP contribution is 2.49. The fourth-order valence-corrected chi connectivity index (χ4v) is 4.45. The van der Waals surface area contributed by atoms with Crippen LogP contribution in [0.2, 0.25) is 0 Å². The Balaban J connectivity index is 1.72. The molecule has 0 radical (unpaired) electrons. The number of benzene rings is 2. The third-order valence-corrected chi connectivity index (χ3v) is 5.91. The second kappa shape index (κ2) is 6.27. The zero-order chi connectivity index (χ0) is 16.4. The Hall–Kier alpha value is -2.35. The van der Waals surface area contributed by atoms with Crippen molar-refractivity contribution in [2.75, 3.05) is 0 Å². The molecule has 1 aromatic heterocycles. The van der Waals surface area contributed by atoms with Crippen molar-refractivity contribution in [3.05, 3.63) is 90.5 Å². The lowest BCUT2D eigenvalue weighted by Crippen LogP contribution is -2.32. The average molecular weight is 316 g/mol. The van der Waals surface area contributed by atoms with Crippen molar-refractivity contribution in [3.8, 4) is 0 Å². The number of hydrogen-bond donors (Lipinski definition) is 0. The summed E-state index contributed by atoms with van der Waals surface area (Å²) in [7, 11) is 0. The minimum atomic E-state index is 0.0534. The van der Waals surface area contributed by atoms with Gasteiger partial charge in [0, 0.05) is 23.9 Å². The van der Waals surface area contributed by atoms with Gasteiger partial charge in [-0.05, 0) is 36.3 Å². The number of rotatable bonds is 4. The molecular formula is C22H24N2. The van der Waals surface area contributed by atoms with Crippen LogP contribution >= 0.6 is 0 Å². The molecule has 1 aliphatic carbocycles. The summed E-state index contributed by atoms with van der Waals surface area (Å²) in [6.07, 6.45) is 9.65. The molecule has 24 heavy (non-hydrogen) atoms. The summed E-state index contributed by atoms with van der Waals surface area (Å²) in [5, 5.41) is 0. The fraction of sp³-hybridized carbons (Fsp3) is 0.318. The summed E-state index contributed by atoms with van der Waals surface area (Å²) in [6.45, 7) is 2.43. The van der Waals surface area contributed by atoms with Crippen LogP contribution in [0.15, 0.2) is 79.4 Å². The van der Waals surface area contributed by atoms with Crippen LogP contribution in [0.3, 0.4) is 0 Å². The van der Waals surface area contributed by atoms with Gasteiger partial charge in [0.25, 0.3) is 0 Å². The predicted octanol–water partition coefficient (Wildman–Crippen LogP) is 5.23. The standard InChI is InChI=1S/C22H24N2/c1-22(18-8-4-2-5-9-18,19-10-6-3-7-11-19)20-12-13-21(16-20)24-15-14-23-17-24/h2-11,14-15,17,20-21H,12-13,16H2,1H3/t20?,21-/m0/s1. The number of imidazole rings is 1. The minimum Gasteiger partial charge on any atom is -0.334 e. The third kappa shape index (κ3) is 2.56. The van der Waals surface area contributed by atoms with Crippen molar-refractivity contribution in [1.82, 2.24) is 9.55 Å². The summed E-state index contributed by atoms with van der Waals surface area (Å²) >= 11 is 0. The SMILES string of the molecule is CC(c1ccccc1)(c1ccccc1)C1CC[C@H](n2ccnc2)C1. The van der Waals surface area contributed by atoms with Crippen LogP contribution < -0.4 is 0 Å². The van der Waals surface area contributed by atoms with Gasteiger partial charge in [0.15, 0.2) is 0 Å². The largest absolute Gasteiger partial charge is 0.334 e. The number of hydrogen-bond acceptors (Lipinski definition) is 1. The van der Waals surface area contributed by atoms with E-state index in [1.165, 1.54) is 30.4 Å². The summed E-state index contributed by atoms with van der Waals surface area (Å²) < 4.78 is 2.29. The Bertz CT molecular complexity index is 723. The zero-order valence-electron chi connectivity index (χ0n) is 14.2. The van der Waals surface area contributed by atoms with Gasteiger partial charge in [-0.25, -0.2) is 4.98 Å². The zero-order valence-corrected chi connectivity index (χ0v) is 14.2. The first-order valence-corrected chi connectivity index (χ1v) is 8.87. The number of nitrogens with zero attached hydrogens (tertiary/aromatic N) is 2. The van der Waals surface area contributed by atoms with Gasteiger partial charge >= 0.3 is 0 Å². The van der Waals surface area contributed by atoms with E-state index in [9.17, 15) is 0 Å². The predicted molar refractivity (Wildman–Crippen MR) is 97.9 cm³/mol. The molecule has 3 aromatic rings. The highest BCUT2D eigenvalue weighted by atomic mass is 15.1. The van der Waals surface area contributed by atoms with Crippen LogP contribution in [0.1, 0.15) is 43.4 Å². The lowest BCUT2D eigenvalue weighted by atomic mass is 9.66. The van der Waals surface area contributed by atoms with Crippen LogP contribution in [0.5, 0.6) is 0 Å². The quantitative estimate of drug-likeness (QED) is 0.644. The van der Waals surface area contributed by atoms with Gasteiger partial charge in [0.1, 0.15) is 0 Å². The van der Waals surface area contributed by atoms with E-state index in [-0.39, 0.29) is 5.41 Å². The average Bonchev–Trinajstić information content (AvgIpc) is 3.34. The molecule has 2 aromatic carbocycles. The molecule has 0 spiro atoms. The Morgan fingerprint density at radius 3 is 2.08 bits per heavy atom. The second-order valence-corrected chi connectivity index (χ2v) is 7.11. The van der Waals surface area contributed by atoms with E-state index in [2.05, 4.69) is 83.3 Å². The first kappa shape index (κ1) is 15.2. The third-order valence-electron chi connectivity index (χ3n) is 5.91. The monoisotopic (exact) mass is 316 g/mol. The van der Waals surface area contributed by atoms with E-state index in [1.54, 1.807) is 0 Å². The lowest BCUT2D eigenvalue weighted by Gasteiger charge is -2.37. The maximum atomic E-state index is 4.23. The topological polar surface area (TPSA) is 17.8 Å². The maximum Gasteiger partial charge on any atom is 0.0948 e. The van der Waals surface area contributed by atoms with Gasteiger partial charge in [-0.15, -0.1) is 0 Å². The molecule has 0 N–H and O–H groups in total. The van der Waals surface area contributed by atoms with E-state index in [0.717, 1.165) is 0 Å². The van der Waals surface area contributed by atoms with Crippen LogP contribution in [0.25, 0.3) is 0 Å². The van der Waals surface area contributed by atoms with Crippen molar-refractivity contribution >= 4 is 0 Å². The Morgan fingerprint density at radius 2 is 1.54 bits per heavy atom. The first-order valence-electron chi connectivity index (χ1n) is 8.87. The van der Waals surface area contributed by atoms with Crippen molar-refractivity contribution in [2.24, 2.45) is 5.92 Å². The minimum absolute atomic E-state index is 0.0534. The summed E-state index contributed by atoms with van der Waals surface area (Å²) in [6, 6.07) is 22.6. The molecule has 0 aliphatic heterocycles. The Morgan fingerprint density at radius 1 is 0.917 bits per heavy atom. The van der Waals surface area contributed by atoms with Crippen LogP contribution in [-0.4, -0.2) is 9.55 Å². The maximum absolute atomic E-state index is 4.23. The van der Waals surface area contributed by atoms with Gasteiger partial charge in [-0.2, -0.15) is 0 Å². The molecule has 1 aliphatic rings. The molecule has 1 saturated carbocycles. The second-order valence-electron chi connectivity index (χ2n) is 7.11. The summed E-state index contributed by atoms with van der Waals surface area (Å²) in [4.78, 5) is 4.23. The van der Waals surface area contributed by atoms with Crippen molar-refractivity contribution in [2.45, 2.75) is 37.6 Å². The molecule has 2 heteroatoms. The molecule has 0 saturated heterocycles. The summed E-state index contributed by atoms with van der Waals surface area (Å²) in [5.74, 6) is 0.634. The molecule has 2 nitrogen and oxygen atoms in total. The van der Waals surface area contributed by atoms with Crippen molar-refractivity contribution in [3.63, 3.8) is 0 Å². The Kier molecular flexibility index (Phi) is 3.97. The number of aromatic nitrogens is 2. The Labute approximate surface area is 144 Å². The van der Waals surface area contributed by atoms with Crippen molar-refractivity contribution in [1.29, 1.82) is 0 Å². The molecule has 1 unspecified atom stereocenters. The highest BCUT2D eigenvalue weighted by Gasteiger charge is 2.41. The first-order chi connectivity index (χ1) is 11.8. The van der Waals surface area contributed by atoms with Gasteiger partial charge < -0.3 is 4.57 Å². The molecule has 122 valence electrons. The normalized spacial score (nSPS) is 21.0. The van der Waals surface area contributed by atoms with E-state index >= 15 is 0 Å². The van der Waals surface area contributed by atoms with Gasteiger partial charge in [0.05, 0.1) is 6.33 Å². The van der Waals surface area contributed by atoms with E-state index < -0.39 is 0 Å². The van der Waals surface area contributed by atoms with E-state index in [0.29, 0.717) is 12.0 Å². The molecule has 2 atom stereocenters. The molecule has 1 fully saturated rings. The van der Waals surface area contributed by atoms with Crippen LogP contribution in [-0.2, 0) is 5.41 Å². The van der Waals surface area contributed by atoms with Crippen LogP contribution in [0, 0.1) is 5.92 Å². The van der Waals surface area contributed by atoms with E-state index in [1.807, 2.05) is 12.5 Å². The van der Waals surface area contributed by atoms with E-state index in [4.69, 9.17) is 0 Å². The van der Waals surface area contributed by atoms with Crippen molar-refractivity contribution < 1.29 is 0 Å². The van der Waals surface area contributed by atoms with Gasteiger partial charge in [-0.3, -0.25) is 0 Å². The van der Waals surface area contributed by atoms with Gasteiger partial charge in [0.2, 0.25) is 0 Å². The lowest BCUT2D eigenvalue weighted by molar-refractivity contribution is 0.339. The molecule has 0 amide bonds. The molecule has 1 heterocycles.